The van der Waals surface area contributed by atoms with Gasteiger partial charge in [-0.25, -0.2) is 0 Å². The highest BCUT2D eigenvalue weighted by atomic mass is 35.5. The molecular formula is C16H26ClNOS. The number of hydrogen-bond donors (Lipinski definition) is 1. The summed E-state index contributed by atoms with van der Waals surface area (Å²) >= 11 is 8.11. The van der Waals surface area contributed by atoms with Crippen LogP contribution in [0.25, 0.3) is 0 Å². The predicted molar refractivity (Wildman–Crippen MR) is 87.7 cm³/mol. The normalized spacial score (nSPS) is 19.9. The molecule has 20 heavy (non-hydrogen) atoms. The Morgan fingerprint density at radius 3 is 2.70 bits per heavy atom. The number of thiophene rings is 1. The molecule has 2 rings (SSSR count). The van der Waals surface area contributed by atoms with Crippen molar-refractivity contribution in [3.8, 4) is 0 Å². The zero-order chi connectivity index (χ0) is 14.4. The lowest BCUT2D eigenvalue weighted by atomic mass is 9.82. The summed E-state index contributed by atoms with van der Waals surface area (Å²) in [6.45, 7) is 3.20. The van der Waals surface area contributed by atoms with Gasteiger partial charge in [-0.05, 0) is 43.2 Å². The van der Waals surface area contributed by atoms with Crippen LogP contribution in [0, 0.1) is 5.92 Å². The van der Waals surface area contributed by atoms with Gasteiger partial charge in [-0.2, -0.15) is 0 Å². The Morgan fingerprint density at radius 1 is 1.40 bits per heavy atom. The monoisotopic (exact) mass is 315 g/mol. The molecule has 1 aliphatic rings. The number of methoxy groups -OCH3 is 1. The molecule has 1 aromatic rings. The summed E-state index contributed by atoms with van der Waals surface area (Å²) in [5, 5.41) is 6.61. The lowest BCUT2D eigenvalue weighted by molar-refractivity contribution is 0.00846. The fourth-order valence-corrected chi connectivity index (χ4v) is 4.53. The van der Waals surface area contributed by atoms with Crippen LogP contribution in [0.3, 0.4) is 0 Å². The van der Waals surface area contributed by atoms with Gasteiger partial charge in [-0.3, -0.25) is 0 Å². The van der Waals surface area contributed by atoms with Gasteiger partial charge in [0.15, 0.2) is 0 Å². The van der Waals surface area contributed by atoms with Crippen molar-refractivity contribution >= 4 is 22.9 Å². The first kappa shape index (κ1) is 16.3. The van der Waals surface area contributed by atoms with Crippen molar-refractivity contribution in [3.63, 3.8) is 0 Å². The zero-order valence-electron chi connectivity index (χ0n) is 12.5. The minimum atomic E-state index is 0.232. The van der Waals surface area contributed by atoms with Crippen molar-refractivity contribution in [2.45, 2.75) is 57.6 Å². The van der Waals surface area contributed by atoms with E-state index in [1.54, 1.807) is 11.3 Å². The molecule has 0 radical (unpaired) electrons. The van der Waals surface area contributed by atoms with E-state index in [1.807, 2.05) is 13.2 Å². The van der Waals surface area contributed by atoms with Crippen molar-refractivity contribution in [3.05, 3.63) is 21.3 Å². The van der Waals surface area contributed by atoms with Crippen LogP contribution in [-0.4, -0.2) is 19.8 Å². The molecule has 0 saturated heterocycles. The Morgan fingerprint density at radius 2 is 2.15 bits per heavy atom. The molecule has 1 N–H and O–H groups in total. The third-order valence-electron chi connectivity index (χ3n) is 4.26. The fourth-order valence-electron chi connectivity index (χ4n) is 3.25. The van der Waals surface area contributed by atoms with Crippen molar-refractivity contribution in [2.75, 3.05) is 13.7 Å². The minimum Gasteiger partial charge on any atom is -0.379 e. The quantitative estimate of drug-likeness (QED) is 0.761. The van der Waals surface area contributed by atoms with Crippen molar-refractivity contribution in [1.29, 1.82) is 0 Å². The first-order chi connectivity index (χ1) is 9.77. The number of hydrogen-bond acceptors (Lipinski definition) is 3. The molecule has 1 fully saturated rings. The van der Waals surface area contributed by atoms with E-state index in [0.29, 0.717) is 5.92 Å². The largest absolute Gasteiger partial charge is 0.379 e. The minimum absolute atomic E-state index is 0.232. The van der Waals surface area contributed by atoms with E-state index in [0.717, 1.165) is 18.0 Å². The van der Waals surface area contributed by atoms with E-state index in [2.05, 4.69) is 17.6 Å². The second kappa shape index (κ2) is 8.38. The Hall–Kier alpha value is -0.0900. The van der Waals surface area contributed by atoms with Crippen LogP contribution in [0.1, 0.15) is 56.4 Å². The maximum atomic E-state index is 6.37. The SMILES string of the molecule is CCCNC(c1sccc1Cl)C(OC)C1CCCCC1. The first-order valence-electron chi connectivity index (χ1n) is 7.77. The molecule has 114 valence electrons. The molecule has 2 nitrogen and oxygen atoms in total. The van der Waals surface area contributed by atoms with Crippen LogP contribution in [0.4, 0.5) is 0 Å². The molecular weight excluding hydrogens is 290 g/mol. The van der Waals surface area contributed by atoms with Crippen LogP contribution in [-0.2, 0) is 4.74 Å². The zero-order valence-corrected chi connectivity index (χ0v) is 14.1. The third kappa shape index (κ3) is 3.97. The standard InChI is InChI=1S/C16H26ClNOS/c1-3-10-18-14(16-13(17)9-11-20-16)15(19-2)12-7-5-4-6-8-12/h9,11-12,14-15,18H,3-8,10H2,1-2H3. The Kier molecular flexibility index (Phi) is 6.82. The van der Waals surface area contributed by atoms with E-state index in [9.17, 15) is 0 Å². The van der Waals surface area contributed by atoms with Crippen molar-refractivity contribution in [1.82, 2.24) is 5.32 Å². The van der Waals surface area contributed by atoms with E-state index < -0.39 is 0 Å². The average Bonchev–Trinajstić information content (AvgIpc) is 2.90. The molecule has 1 heterocycles. The van der Waals surface area contributed by atoms with E-state index in [-0.39, 0.29) is 12.1 Å². The van der Waals surface area contributed by atoms with Crippen LogP contribution in [0.15, 0.2) is 11.4 Å². The maximum absolute atomic E-state index is 6.37. The Labute approximate surface area is 131 Å². The highest BCUT2D eigenvalue weighted by Gasteiger charge is 2.33. The van der Waals surface area contributed by atoms with Crippen molar-refractivity contribution < 1.29 is 4.74 Å². The lowest BCUT2D eigenvalue weighted by Crippen LogP contribution is -2.39. The highest BCUT2D eigenvalue weighted by Crippen LogP contribution is 2.38. The molecule has 0 aromatic carbocycles. The summed E-state index contributed by atoms with van der Waals surface area (Å²) in [7, 11) is 1.85. The maximum Gasteiger partial charge on any atom is 0.0802 e. The van der Waals surface area contributed by atoms with Crippen molar-refractivity contribution in [2.24, 2.45) is 5.92 Å². The summed E-state index contributed by atoms with van der Waals surface area (Å²) < 4.78 is 5.91. The highest BCUT2D eigenvalue weighted by molar-refractivity contribution is 7.10. The first-order valence-corrected chi connectivity index (χ1v) is 9.02. The number of rotatable bonds is 7. The molecule has 0 spiro atoms. The van der Waals surface area contributed by atoms with E-state index >= 15 is 0 Å². The van der Waals surface area contributed by atoms with Gasteiger partial charge >= 0.3 is 0 Å². The summed E-state index contributed by atoms with van der Waals surface area (Å²) in [6, 6.07) is 2.23. The summed E-state index contributed by atoms with van der Waals surface area (Å²) in [6.07, 6.45) is 7.97. The average molecular weight is 316 g/mol. The van der Waals surface area contributed by atoms with Crippen LogP contribution >= 0.6 is 22.9 Å². The van der Waals surface area contributed by atoms with Gasteiger partial charge in [0.2, 0.25) is 0 Å². The summed E-state index contributed by atoms with van der Waals surface area (Å²) in [5.41, 5.74) is 0. The molecule has 2 unspecified atom stereocenters. The Balaban J connectivity index is 2.16. The van der Waals surface area contributed by atoms with Gasteiger partial charge in [0.25, 0.3) is 0 Å². The van der Waals surface area contributed by atoms with E-state index in [1.165, 1.54) is 37.0 Å². The summed E-state index contributed by atoms with van der Waals surface area (Å²) in [4.78, 5) is 1.23. The molecule has 0 bridgehead atoms. The molecule has 2 atom stereocenters. The van der Waals surface area contributed by atoms with E-state index in [4.69, 9.17) is 16.3 Å². The van der Waals surface area contributed by atoms with Gasteiger partial charge < -0.3 is 10.1 Å². The Bertz CT molecular complexity index is 390. The predicted octanol–water partition coefficient (Wildman–Crippen LogP) is 5.04. The van der Waals surface area contributed by atoms with Gasteiger partial charge in [0.1, 0.15) is 0 Å². The van der Waals surface area contributed by atoms with Gasteiger partial charge in [-0.1, -0.05) is 37.8 Å². The molecule has 4 heteroatoms. The lowest BCUT2D eigenvalue weighted by Gasteiger charge is -2.35. The fraction of sp³-hybridized carbons (Fsp3) is 0.750. The number of nitrogens with one attached hydrogen (secondary N) is 1. The number of halogens is 1. The second-order valence-corrected chi connectivity index (χ2v) is 7.02. The number of ether oxygens (including phenoxy) is 1. The van der Waals surface area contributed by atoms with Crippen LogP contribution < -0.4 is 5.32 Å². The molecule has 0 amide bonds. The summed E-state index contributed by atoms with van der Waals surface area (Å²) in [5.74, 6) is 0.654. The smallest absolute Gasteiger partial charge is 0.0802 e. The topological polar surface area (TPSA) is 21.3 Å². The second-order valence-electron chi connectivity index (χ2n) is 5.66. The van der Waals surface area contributed by atoms with Crippen LogP contribution in [0.5, 0.6) is 0 Å². The van der Waals surface area contributed by atoms with Gasteiger partial charge in [-0.15, -0.1) is 11.3 Å². The van der Waals surface area contributed by atoms with Gasteiger partial charge in [0.05, 0.1) is 17.2 Å². The van der Waals surface area contributed by atoms with Crippen LogP contribution in [0.2, 0.25) is 5.02 Å². The third-order valence-corrected chi connectivity index (χ3v) is 5.70. The molecule has 0 aliphatic heterocycles. The molecule has 1 aromatic heterocycles. The van der Waals surface area contributed by atoms with Gasteiger partial charge in [0, 0.05) is 12.0 Å². The molecule has 1 aliphatic carbocycles. The molecule has 1 saturated carbocycles.